The van der Waals surface area contributed by atoms with Crippen LogP contribution in [0.2, 0.25) is 0 Å². The minimum Gasteiger partial charge on any atom is -0.454 e. The van der Waals surface area contributed by atoms with Crippen LogP contribution in [0, 0.1) is 5.82 Å². The molecular weight excluding hydrogens is 359 g/mol. The summed E-state index contributed by atoms with van der Waals surface area (Å²) >= 11 is 1.26. The molecule has 134 valence electrons. The van der Waals surface area contributed by atoms with Gasteiger partial charge in [0.05, 0.1) is 16.8 Å². The molecule has 1 aromatic heterocycles. The summed E-state index contributed by atoms with van der Waals surface area (Å²) in [5, 5.41) is 0. The van der Waals surface area contributed by atoms with Crippen molar-refractivity contribution >= 4 is 27.5 Å². The van der Waals surface area contributed by atoms with Gasteiger partial charge in [0.25, 0.3) is 5.91 Å². The van der Waals surface area contributed by atoms with E-state index in [9.17, 15) is 9.18 Å². The number of thiazole rings is 1. The smallest absolute Gasteiger partial charge is 0.279 e. The van der Waals surface area contributed by atoms with E-state index in [2.05, 4.69) is 4.99 Å². The Morgan fingerprint density at radius 2 is 2.12 bits per heavy atom. The highest BCUT2D eigenvalue weighted by Crippen LogP contribution is 2.32. The van der Waals surface area contributed by atoms with Crippen LogP contribution in [0.1, 0.15) is 10.4 Å². The highest BCUT2D eigenvalue weighted by atomic mass is 32.1. The predicted molar refractivity (Wildman–Crippen MR) is 94.1 cm³/mol. The van der Waals surface area contributed by atoms with Gasteiger partial charge in [0.1, 0.15) is 5.82 Å². The van der Waals surface area contributed by atoms with Gasteiger partial charge in [-0.25, -0.2) is 4.39 Å². The maximum absolute atomic E-state index is 13.5. The molecule has 0 unspecified atom stereocenters. The maximum Gasteiger partial charge on any atom is 0.279 e. The molecule has 0 aliphatic carbocycles. The number of fused-ring (bicyclic) bond motifs is 2. The summed E-state index contributed by atoms with van der Waals surface area (Å²) in [7, 11) is 1.60. The number of aromatic nitrogens is 1. The van der Waals surface area contributed by atoms with E-state index in [1.165, 1.54) is 23.5 Å². The van der Waals surface area contributed by atoms with Crippen LogP contribution in [0.15, 0.2) is 41.4 Å². The highest BCUT2D eigenvalue weighted by molar-refractivity contribution is 7.16. The minimum atomic E-state index is -0.401. The second kappa shape index (κ2) is 6.89. The SMILES string of the molecule is COCCn1c(=NC(=O)c2ccc3c(c2)OCO3)sc2cc(F)ccc21. The van der Waals surface area contributed by atoms with E-state index in [4.69, 9.17) is 14.2 Å². The van der Waals surface area contributed by atoms with Gasteiger partial charge >= 0.3 is 0 Å². The van der Waals surface area contributed by atoms with Gasteiger partial charge in [0, 0.05) is 19.2 Å². The molecule has 0 N–H and O–H groups in total. The number of rotatable bonds is 4. The molecule has 6 nitrogen and oxygen atoms in total. The minimum absolute atomic E-state index is 0.142. The van der Waals surface area contributed by atoms with Crippen LogP contribution in [0.25, 0.3) is 10.2 Å². The number of carbonyl (C=O) groups excluding carboxylic acids is 1. The summed E-state index contributed by atoms with van der Waals surface area (Å²) < 4.78 is 31.8. The number of hydrogen-bond acceptors (Lipinski definition) is 5. The monoisotopic (exact) mass is 374 g/mol. The first-order valence-corrected chi connectivity index (χ1v) is 8.74. The quantitative estimate of drug-likeness (QED) is 0.704. The lowest BCUT2D eigenvalue weighted by molar-refractivity contribution is 0.0997. The number of ether oxygens (including phenoxy) is 3. The average Bonchev–Trinajstić information content (AvgIpc) is 3.23. The molecule has 1 amide bonds. The van der Waals surface area contributed by atoms with E-state index < -0.39 is 5.91 Å². The van der Waals surface area contributed by atoms with Crippen molar-refractivity contribution in [3.63, 3.8) is 0 Å². The fourth-order valence-corrected chi connectivity index (χ4v) is 3.79. The number of benzene rings is 2. The number of carbonyl (C=O) groups is 1. The van der Waals surface area contributed by atoms with Crippen molar-refractivity contribution in [2.45, 2.75) is 6.54 Å². The van der Waals surface area contributed by atoms with Crippen molar-refractivity contribution in [2.75, 3.05) is 20.5 Å². The first kappa shape index (κ1) is 16.7. The molecule has 0 fully saturated rings. The first-order valence-electron chi connectivity index (χ1n) is 7.92. The molecule has 8 heteroatoms. The lowest BCUT2D eigenvalue weighted by Gasteiger charge is -2.04. The van der Waals surface area contributed by atoms with E-state index >= 15 is 0 Å². The summed E-state index contributed by atoms with van der Waals surface area (Å²) in [4.78, 5) is 17.3. The largest absolute Gasteiger partial charge is 0.454 e. The fraction of sp³-hybridized carbons (Fsp3) is 0.222. The molecule has 1 aliphatic heterocycles. The zero-order chi connectivity index (χ0) is 18.1. The van der Waals surface area contributed by atoms with E-state index in [0.29, 0.717) is 35.0 Å². The Labute approximate surface area is 152 Å². The van der Waals surface area contributed by atoms with Gasteiger partial charge in [0.2, 0.25) is 6.79 Å². The van der Waals surface area contributed by atoms with Crippen LogP contribution in [-0.4, -0.2) is 31.0 Å². The Bertz CT molecular complexity index is 1060. The van der Waals surface area contributed by atoms with E-state index in [1.807, 2.05) is 4.57 Å². The number of halogens is 1. The van der Waals surface area contributed by atoms with Crippen molar-refractivity contribution < 1.29 is 23.4 Å². The second-order valence-corrected chi connectivity index (χ2v) is 6.64. The normalized spacial score (nSPS) is 13.5. The van der Waals surface area contributed by atoms with Crippen LogP contribution < -0.4 is 14.3 Å². The fourth-order valence-electron chi connectivity index (χ4n) is 2.71. The van der Waals surface area contributed by atoms with E-state index in [1.54, 1.807) is 31.4 Å². The van der Waals surface area contributed by atoms with Crippen molar-refractivity contribution in [1.82, 2.24) is 4.57 Å². The van der Waals surface area contributed by atoms with Crippen molar-refractivity contribution in [1.29, 1.82) is 0 Å². The van der Waals surface area contributed by atoms with Gasteiger partial charge in [-0.1, -0.05) is 11.3 Å². The molecule has 4 rings (SSSR count). The van der Waals surface area contributed by atoms with Gasteiger partial charge in [-0.15, -0.1) is 0 Å². The molecule has 0 atom stereocenters. The van der Waals surface area contributed by atoms with Crippen LogP contribution >= 0.6 is 11.3 Å². The lowest BCUT2D eigenvalue weighted by atomic mass is 10.2. The molecule has 2 aromatic carbocycles. The van der Waals surface area contributed by atoms with Gasteiger partial charge in [-0.2, -0.15) is 4.99 Å². The third kappa shape index (κ3) is 3.09. The number of nitrogens with zero attached hydrogens (tertiary/aromatic N) is 2. The summed E-state index contributed by atoms with van der Waals surface area (Å²) in [5.74, 6) is 0.401. The summed E-state index contributed by atoms with van der Waals surface area (Å²) in [5.41, 5.74) is 1.21. The van der Waals surface area contributed by atoms with Crippen LogP contribution in [-0.2, 0) is 11.3 Å². The Morgan fingerprint density at radius 3 is 2.96 bits per heavy atom. The molecular formula is C18H15FN2O4S. The number of methoxy groups -OCH3 is 1. The molecule has 0 bridgehead atoms. The molecule has 3 aromatic rings. The molecule has 2 heterocycles. The number of amides is 1. The number of hydrogen-bond donors (Lipinski definition) is 0. The third-order valence-electron chi connectivity index (χ3n) is 3.98. The Morgan fingerprint density at radius 1 is 1.27 bits per heavy atom. The summed E-state index contributed by atoms with van der Waals surface area (Å²) in [6, 6.07) is 9.45. The average molecular weight is 374 g/mol. The van der Waals surface area contributed by atoms with Crippen molar-refractivity contribution in [2.24, 2.45) is 4.99 Å². The summed E-state index contributed by atoms with van der Waals surface area (Å²) in [6.45, 7) is 1.10. The maximum atomic E-state index is 13.5. The molecule has 0 saturated heterocycles. The molecule has 26 heavy (non-hydrogen) atoms. The zero-order valence-corrected chi connectivity index (χ0v) is 14.7. The highest BCUT2D eigenvalue weighted by Gasteiger charge is 2.16. The Hall–Kier alpha value is -2.71. The standard InChI is InChI=1S/C18H15FN2O4S/c1-23-7-6-21-13-4-3-12(19)9-16(13)26-18(21)20-17(22)11-2-5-14-15(8-11)25-10-24-14/h2-5,8-9H,6-7,10H2,1H3. The van der Waals surface area contributed by atoms with Gasteiger partial charge in [0.15, 0.2) is 16.3 Å². The molecule has 0 spiro atoms. The molecule has 0 radical (unpaired) electrons. The topological polar surface area (TPSA) is 62.1 Å². The van der Waals surface area contributed by atoms with Gasteiger partial charge in [-0.05, 0) is 36.4 Å². The Kier molecular flexibility index (Phi) is 4.44. The van der Waals surface area contributed by atoms with Gasteiger partial charge < -0.3 is 18.8 Å². The third-order valence-corrected chi connectivity index (χ3v) is 5.02. The molecule has 1 aliphatic rings. The zero-order valence-electron chi connectivity index (χ0n) is 13.9. The van der Waals surface area contributed by atoms with Gasteiger partial charge in [-0.3, -0.25) is 4.79 Å². The predicted octanol–water partition coefficient (Wildman–Crippen LogP) is 2.96. The summed E-state index contributed by atoms with van der Waals surface area (Å²) in [6.07, 6.45) is 0. The van der Waals surface area contributed by atoms with Crippen molar-refractivity contribution in [3.05, 3.63) is 52.6 Å². The van der Waals surface area contributed by atoms with Crippen molar-refractivity contribution in [3.8, 4) is 11.5 Å². The van der Waals surface area contributed by atoms with Crippen LogP contribution in [0.4, 0.5) is 4.39 Å². The lowest BCUT2D eigenvalue weighted by Crippen LogP contribution is -2.19. The first-order chi connectivity index (χ1) is 12.7. The molecule has 0 saturated carbocycles. The van der Waals surface area contributed by atoms with E-state index in [-0.39, 0.29) is 12.6 Å². The van der Waals surface area contributed by atoms with Crippen LogP contribution in [0.5, 0.6) is 11.5 Å². The Balaban J connectivity index is 1.77. The van der Waals surface area contributed by atoms with E-state index in [0.717, 1.165) is 10.2 Å². The second-order valence-electron chi connectivity index (χ2n) is 5.63. The van der Waals surface area contributed by atoms with Crippen LogP contribution in [0.3, 0.4) is 0 Å².